The van der Waals surface area contributed by atoms with Gasteiger partial charge in [0.05, 0.1) is 25.2 Å². The first kappa shape index (κ1) is 23.0. The van der Waals surface area contributed by atoms with Crippen LogP contribution in [0.3, 0.4) is 0 Å². The van der Waals surface area contributed by atoms with Gasteiger partial charge in [0.15, 0.2) is 0 Å². The average molecular weight is 443 g/mol. The maximum absolute atomic E-state index is 12.8. The Hall–Kier alpha value is -2.67. The van der Waals surface area contributed by atoms with E-state index < -0.39 is 0 Å². The van der Waals surface area contributed by atoms with E-state index in [1.165, 1.54) is 18.2 Å². The topological polar surface area (TPSA) is 76.7 Å². The number of hydrogen-bond acceptors (Lipinski definition) is 5. The number of thioether (sulfide) groups is 1. The number of carbonyl (C=O) groups is 2. The molecule has 0 aliphatic heterocycles. The lowest BCUT2D eigenvalue weighted by molar-refractivity contribution is -0.120. The predicted molar refractivity (Wildman–Crippen MR) is 125 cm³/mol. The number of nitrogens with one attached hydrogen (secondary N) is 2. The summed E-state index contributed by atoms with van der Waals surface area (Å²) in [6.45, 7) is 1.85. The monoisotopic (exact) mass is 442 g/mol. The van der Waals surface area contributed by atoms with Crippen molar-refractivity contribution >= 4 is 35.0 Å². The molecule has 0 saturated heterocycles. The van der Waals surface area contributed by atoms with E-state index in [0.717, 1.165) is 36.3 Å². The largest absolute Gasteiger partial charge is 0.497 e. The molecule has 1 aliphatic rings. The highest BCUT2D eigenvalue weighted by Crippen LogP contribution is 2.31. The van der Waals surface area contributed by atoms with Crippen LogP contribution in [0.15, 0.2) is 47.4 Å². The van der Waals surface area contributed by atoms with Crippen molar-refractivity contribution < 1.29 is 19.1 Å². The van der Waals surface area contributed by atoms with Gasteiger partial charge in [-0.1, -0.05) is 25.3 Å². The van der Waals surface area contributed by atoms with Crippen molar-refractivity contribution in [2.24, 2.45) is 5.92 Å². The Morgan fingerprint density at radius 3 is 2.48 bits per heavy atom. The van der Waals surface area contributed by atoms with Gasteiger partial charge in [0, 0.05) is 22.6 Å². The van der Waals surface area contributed by atoms with E-state index in [4.69, 9.17) is 9.47 Å². The van der Waals surface area contributed by atoms with Crippen LogP contribution in [0, 0.1) is 5.92 Å². The molecular weight excluding hydrogens is 412 g/mol. The number of hydrogen-bond donors (Lipinski definition) is 2. The summed E-state index contributed by atoms with van der Waals surface area (Å²) in [6, 6.07) is 12.9. The fourth-order valence-electron chi connectivity index (χ4n) is 3.66. The van der Waals surface area contributed by atoms with Gasteiger partial charge in [-0.15, -0.1) is 11.8 Å². The molecule has 1 aliphatic carbocycles. The number of carbonyl (C=O) groups excluding carboxylic acids is 2. The molecule has 1 atom stereocenters. The fraction of sp³-hybridized carbons (Fsp3) is 0.417. The van der Waals surface area contributed by atoms with Crippen molar-refractivity contribution in [3.63, 3.8) is 0 Å². The highest BCUT2D eigenvalue weighted by atomic mass is 32.2. The van der Waals surface area contributed by atoms with Crippen LogP contribution in [0.25, 0.3) is 0 Å². The molecule has 6 nitrogen and oxygen atoms in total. The van der Waals surface area contributed by atoms with E-state index >= 15 is 0 Å². The Bertz CT molecular complexity index is 912. The quantitative estimate of drug-likeness (QED) is 0.540. The highest BCUT2D eigenvalue weighted by molar-refractivity contribution is 8.00. The zero-order chi connectivity index (χ0) is 22.2. The van der Waals surface area contributed by atoms with Gasteiger partial charge in [0.1, 0.15) is 11.5 Å². The van der Waals surface area contributed by atoms with Gasteiger partial charge in [-0.2, -0.15) is 0 Å². The van der Waals surface area contributed by atoms with Gasteiger partial charge < -0.3 is 20.1 Å². The third-order valence-corrected chi connectivity index (χ3v) is 6.52. The molecule has 1 unspecified atom stereocenters. The van der Waals surface area contributed by atoms with Crippen molar-refractivity contribution in [2.45, 2.75) is 49.2 Å². The van der Waals surface area contributed by atoms with E-state index in [1.807, 2.05) is 31.2 Å². The van der Waals surface area contributed by atoms with Crippen LogP contribution in [-0.2, 0) is 9.59 Å². The molecule has 2 N–H and O–H groups in total. The summed E-state index contributed by atoms with van der Waals surface area (Å²) < 4.78 is 10.6. The third-order valence-electron chi connectivity index (χ3n) is 5.42. The molecule has 0 spiro atoms. The van der Waals surface area contributed by atoms with E-state index in [-0.39, 0.29) is 23.0 Å². The Morgan fingerprint density at radius 1 is 1.00 bits per heavy atom. The maximum atomic E-state index is 12.8. The Labute approximate surface area is 188 Å². The van der Waals surface area contributed by atoms with Crippen LogP contribution >= 0.6 is 11.8 Å². The van der Waals surface area contributed by atoms with Crippen LogP contribution < -0.4 is 20.1 Å². The molecule has 0 heterocycles. The number of anilines is 2. The standard InChI is InChI=1S/C24H30N2O4S/c1-16(23(27)26-21-15-19(29-2)12-13-22(21)30-3)31-20-11-7-10-18(14-20)25-24(28)17-8-5-4-6-9-17/h7,10-17H,4-6,8-9H2,1-3H3,(H,25,28)(H,26,27). The molecule has 3 rings (SSSR count). The van der Waals surface area contributed by atoms with Crippen LogP contribution in [0.4, 0.5) is 11.4 Å². The molecule has 31 heavy (non-hydrogen) atoms. The van der Waals surface area contributed by atoms with Gasteiger partial charge in [-0.05, 0) is 50.1 Å². The molecular formula is C24H30N2O4S. The molecule has 0 bridgehead atoms. The van der Waals surface area contributed by atoms with Crippen LogP contribution in [0.1, 0.15) is 39.0 Å². The Morgan fingerprint density at radius 2 is 1.77 bits per heavy atom. The highest BCUT2D eigenvalue weighted by Gasteiger charge is 2.21. The lowest BCUT2D eigenvalue weighted by Gasteiger charge is -2.21. The summed E-state index contributed by atoms with van der Waals surface area (Å²) in [7, 11) is 3.13. The van der Waals surface area contributed by atoms with E-state index in [0.29, 0.717) is 17.2 Å². The van der Waals surface area contributed by atoms with Crippen molar-refractivity contribution in [2.75, 3.05) is 24.9 Å². The number of amides is 2. The normalized spacial score (nSPS) is 15.1. The zero-order valence-corrected chi connectivity index (χ0v) is 19.1. The van der Waals surface area contributed by atoms with E-state index in [9.17, 15) is 9.59 Å². The van der Waals surface area contributed by atoms with Gasteiger partial charge in [-0.25, -0.2) is 0 Å². The first-order valence-electron chi connectivity index (χ1n) is 10.6. The first-order chi connectivity index (χ1) is 15.0. The number of methoxy groups -OCH3 is 2. The number of ether oxygens (including phenoxy) is 2. The molecule has 1 fully saturated rings. The molecule has 2 aromatic rings. The summed E-state index contributed by atoms with van der Waals surface area (Å²) in [5.74, 6) is 1.26. The van der Waals surface area contributed by atoms with Gasteiger partial charge in [-0.3, -0.25) is 9.59 Å². The van der Waals surface area contributed by atoms with Gasteiger partial charge in [0.2, 0.25) is 11.8 Å². The minimum atomic E-state index is -0.347. The van der Waals surface area contributed by atoms with Gasteiger partial charge >= 0.3 is 0 Å². The minimum Gasteiger partial charge on any atom is -0.497 e. The second kappa shape index (κ2) is 11.1. The van der Waals surface area contributed by atoms with Gasteiger partial charge in [0.25, 0.3) is 0 Å². The number of rotatable bonds is 8. The smallest absolute Gasteiger partial charge is 0.237 e. The molecule has 7 heteroatoms. The summed E-state index contributed by atoms with van der Waals surface area (Å²) in [5, 5.41) is 5.60. The lowest BCUT2D eigenvalue weighted by Crippen LogP contribution is -2.24. The summed E-state index contributed by atoms with van der Waals surface area (Å²) in [5.41, 5.74) is 1.33. The van der Waals surface area contributed by atoms with E-state index in [2.05, 4.69) is 10.6 Å². The minimum absolute atomic E-state index is 0.0951. The van der Waals surface area contributed by atoms with Crippen molar-refractivity contribution in [1.29, 1.82) is 0 Å². The zero-order valence-electron chi connectivity index (χ0n) is 18.3. The Balaban J connectivity index is 1.61. The summed E-state index contributed by atoms with van der Waals surface area (Å²) >= 11 is 1.44. The molecule has 2 amide bonds. The van der Waals surface area contributed by atoms with E-state index in [1.54, 1.807) is 32.4 Å². The van der Waals surface area contributed by atoms with Crippen molar-refractivity contribution in [3.8, 4) is 11.5 Å². The summed E-state index contributed by atoms with van der Waals surface area (Å²) in [6.07, 6.45) is 5.39. The molecule has 2 aromatic carbocycles. The SMILES string of the molecule is COc1ccc(OC)c(NC(=O)C(C)Sc2cccc(NC(=O)C3CCCCC3)c2)c1. The summed E-state index contributed by atoms with van der Waals surface area (Å²) in [4.78, 5) is 26.2. The van der Waals surface area contributed by atoms with Crippen LogP contribution in [-0.4, -0.2) is 31.3 Å². The lowest BCUT2D eigenvalue weighted by atomic mass is 9.88. The van der Waals surface area contributed by atoms with Crippen molar-refractivity contribution in [1.82, 2.24) is 0 Å². The molecule has 0 radical (unpaired) electrons. The second-order valence-corrected chi connectivity index (χ2v) is 9.08. The fourth-order valence-corrected chi connectivity index (χ4v) is 4.59. The first-order valence-corrected chi connectivity index (χ1v) is 11.5. The molecule has 0 aromatic heterocycles. The number of benzene rings is 2. The molecule has 166 valence electrons. The Kier molecular flexibility index (Phi) is 8.23. The molecule has 1 saturated carbocycles. The van der Waals surface area contributed by atoms with Crippen molar-refractivity contribution in [3.05, 3.63) is 42.5 Å². The average Bonchev–Trinajstić information content (AvgIpc) is 2.79. The second-order valence-electron chi connectivity index (χ2n) is 7.67. The third kappa shape index (κ3) is 6.40. The van der Waals surface area contributed by atoms with Crippen LogP contribution in [0.5, 0.6) is 11.5 Å². The maximum Gasteiger partial charge on any atom is 0.237 e. The van der Waals surface area contributed by atoms with Crippen LogP contribution in [0.2, 0.25) is 0 Å². The predicted octanol–water partition coefficient (Wildman–Crippen LogP) is 5.34.